The fourth-order valence-corrected chi connectivity index (χ4v) is 11.7. The lowest BCUT2D eigenvalue weighted by Crippen LogP contribution is -2.50. The monoisotopic (exact) mass is 1580 g/mol. The van der Waals surface area contributed by atoms with Crippen molar-refractivity contribution in [2.75, 3.05) is 51.8 Å². The number of aliphatic hydroxyl groups excluding tert-OH is 15. The van der Waals surface area contributed by atoms with Gasteiger partial charge in [0.25, 0.3) is 0 Å². The molecule has 20 atom stereocenters. The van der Waals surface area contributed by atoms with Crippen LogP contribution in [0, 0.1) is 17.8 Å². The van der Waals surface area contributed by atoms with Crippen molar-refractivity contribution in [3.8, 4) is 0 Å². The Balaban J connectivity index is 3.99. The molecule has 27 N–H and O–H groups in total. The van der Waals surface area contributed by atoms with E-state index in [4.69, 9.17) is 15.9 Å². The van der Waals surface area contributed by atoms with Gasteiger partial charge in [-0.05, 0) is 44.9 Å². The van der Waals surface area contributed by atoms with Gasteiger partial charge in [0.2, 0.25) is 47.3 Å². The van der Waals surface area contributed by atoms with Gasteiger partial charge >= 0.3 is 23.9 Å². The summed E-state index contributed by atoms with van der Waals surface area (Å²) in [4.78, 5) is 213. The number of aliphatic carboxylic acids is 4. The van der Waals surface area contributed by atoms with E-state index in [1.807, 2.05) is 0 Å². The molecule has 0 spiro atoms. The average molecular weight is 1580 g/mol. The van der Waals surface area contributed by atoms with Crippen LogP contribution in [0.1, 0.15) is 129 Å². The van der Waals surface area contributed by atoms with Crippen LogP contribution in [0.25, 0.3) is 0 Å². The summed E-state index contributed by atoms with van der Waals surface area (Å²) in [5, 5.41) is 200. The smallest absolute Gasteiger partial charge is 0.327 e. The molecule has 43 nitrogen and oxygen atoms in total. The zero-order chi connectivity index (χ0) is 82.4. The van der Waals surface area contributed by atoms with Gasteiger partial charge in [0.05, 0.1) is 55.5 Å². The van der Waals surface area contributed by atoms with E-state index >= 15 is 0 Å². The fraction of sp³-hybridized carbons (Fsp3) is 0.750. The van der Waals surface area contributed by atoms with Crippen LogP contribution in [0.5, 0.6) is 0 Å². The first-order valence-corrected chi connectivity index (χ1v) is 35.5. The van der Waals surface area contributed by atoms with Crippen LogP contribution in [-0.2, 0) is 76.7 Å². The molecule has 1 unspecified atom stereocenters. The average Bonchev–Trinajstić information content (AvgIpc) is 1.66. The Labute approximate surface area is 621 Å². The highest BCUT2D eigenvalue weighted by atomic mass is 32.2. The van der Waals surface area contributed by atoms with Crippen LogP contribution in [-0.4, -0.2) is 351 Å². The standard InChI is InChI=1S/C64H104N8O35S/c1-2-32(76)4-3-17-72-50(89)21-46(62(72)103)108-28-37(64(106)107)71-61(102)31(7-14-49(88)68-24-42(82)55(96)58(99)45(85)27-75)20-39(79)36(11-16-52(92)93)70-60(101)30(6-13-48(87)67-23-41(81)54(95)57(98)44(84)26-74)19-38(78)35(10-15-51(90)91)69-59(100)29(18-33(77)8-9-34(65)63(104)105)5-12-47(86)66-22-40(80)53(94)56(97)43(83)25-73/h29-31,34-37,40-46,53-58,73-75,80-85,94-99H,2-28,65H2,1H3,(H,66,86)(H,67,87)(H,68,88)(H,69,100)(H,70,101)(H,71,102)(H,90,91)(H,92,93)(H,104,105)(H,106,107)/t29-,30-,31-,34+,35-,36-,37-,40+,41+,42+,43-,44-,45-,46?,53-,54-,55-,56-,57-,58-/m1/s1. The second-order valence-corrected chi connectivity index (χ2v) is 27.1. The molecule has 44 heteroatoms. The predicted octanol–water partition coefficient (Wildman–Crippen LogP) is -11.2. The van der Waals surface area contributed by atoms with Crippen LogP contribution in [0.15, 0.2) is 0 Å². The molecule has 0 aliphatic carbocycles. The number of carboxylic acid groups (broad SMARTS) is 4. The molecule has 0 aromatic carbocycles. The molecule has 0 saturated carbocycles. The van der Waals surface area contributed by atoms with Crippen molar-refractivity contribution in [3.63, 3.8) is 0 Å². The lowest BCUT2D eigenvalue weighted by Gasteiger charge is -2.26. The molecular weight excluding hydrogens is 1470 g/mol. The van der Waals surface area contributed by atoms with Crippen molar-refractivity contribution in [3.05, 3.63) is 0 Å². The normalized spacial score (nSPS) is 18.3. The first-order chi connectivity index (χ1) is 50.5. The molecule has 0 aromatic rings. The molecule has 1 rings (SSSR count). The molecule has 1 fully saturated rings. The van der Waals surface area contributed by atoms with E-state index in [2.05, 4.69) is 31.9 Å². The highest BCUT2D eigenvalue weighted by Gasteiger charge is 2.42. The second-order valence-electron chi connectivity index (χ2n) is 25.9. The Morgan fingerprint density at radius 3 is 1.13 bits per heavy atom. The van der Waals surface area contributed by atoms with E-state index in [0.29, 0.717) is 11.8 Å². The Morgan fingerprint density at radius 2 is 0.796 bits per heavy atom. The van der Waals surface area contributed by atoms with Crippen molar-refractivity contribution in [2.24, 2.45) is 23.5 Å². The van der Waals surface area contributed by atoms with Crippen molar-refractivity contribution < 1.29 is 174 Å². The van der Waals surface area contributed by atoms with Gasteiger partial charge in [-0.15, -0.1) is 11.8 Å². The molecule has 0 radical (unpaired) electrons. The van der Waals surface area contributed by atoms with Gasteiger partial charge in [-0.3, -0.25) is 76.8 Å². The third kappa shape index (κ3) is 36.2. The van der Waals surface area contributed by atoms with Crippen LogP contribution >= 0.6 is 11.8 Å². The van der Waals surface area contributed by atoms with Crippen LogP contribution in [0.4, 0.5) is 0 Å². The summed E-state index contributed by atoms with van der Waals surface area (Å²) in [6, 6.07) is -7.61. The number of carbonyl (C=O) groups is 16. The summed E-state index contributed by atoms with van der Waals surface area (Å²) in [5.74, 6) is -24.8. The van der Waals surface area contributed by atoms with Gasteiger partial charge < -0.3 is 135 Å². The van der Waals surface area contributed by atoms with E-state index in [-0.39, 0.29) is 31.6 Å². The topological polar surface area (TPSA) is 759 Å². The summed E-state index contributed by atoms with van der Waals surface area (Å²) >= 11 is 0.631. The molecule has 1 aliphatic heterocycles. The third-order valence-corrected chi connectivity index (χ3v) is 18.7. The maximum Gasteiger partial charge on any atom is 0.327 e. The van der Waals surface area contributed by atoms with E-state index in [1.165, 1.54) is 0 Å². The third-order valence-electron chi connectivity index (χ3n) is 17.4. The Hall–Kier alpha value is -7.77. The van der Waals surface area contributed by atoms with Crippen molar-refractivity contribution in [1.82, 2.24) is 36.8 Å². The van der Waals surface area contributed by atoms with Gasteiger partial charge in [-0.25, -0.2) is 4.79 Å². The molecule has 616 valence electrons. The van der Waals surface area contributed by atoms with Crippen LogP contribution in [0.2, 0.25) is 0 Å². The number of nitrogens with two attached hydrogens (primary N) is 1. The number of amides is 8. The number of imide groups is 1. The lowest BCUT2D eigenvalue weighted by molar-refractivity contribution is -0.142. The number of Topliss-reactive ketones (excluding diaryl/α,β-unsaturated/α-hetero) is 4. The number of carbonyl (C=O) groups excluding carboxylic acids is 12. The van der Waals surface area contributed by atoms with Gasteiger partial charge in [0.15, 0.2) is 11.6 Å². The maximum absolute atomic E-state index is 14.7. The predicted molar refractivity (Wildman–Crippen MR) is 364 cm³/mol. The number of hydrogen-bond acceptors (Lipinski definition) is 33. The minimum atomic E-state index is -2.22. The molecule has 1 aliphatic rings. The Morgan fingerprint density at radius 1 is 0.444 bits per heavy atom. The van der Waals surface area contributed by atoms with E-state index in [1.54, 1.807) is 6.92 Å². The largest absolute Gasteiger partial charge is 0.481 e. The van der Waals surface area contributed by atoms with E-state index < -0.39 is 357 Å². The number of hydrogen-bond donors (Lipinski definition) is 26. The summed E-state index contributed by atoms with van der Waals surface area (Å²) in [6.45, 7) is -4.36. The van der Waals surface area contributed by atoms with E-state index in [0.717, 1.165) is 4.90 Å². The fourth-order valence-electron chi connectivity index (χ4n) is 10.5. The first kappa shape index (κ1) is 98.2. The minimum Gasteiger partial charge on any atom is -0.481 e. The minimum absolute atomic E-state index is 0.0493. The van der Waals surface area contributed by atoms with E-state index in [9.17, 15) is 164 Å². The van der Waals surface area contributed by atoms with Gasteiger partial charge in [0.1, 0.15) is 78.6 Å². The highest BCUT2D eigenvalue weighted by Crippen LogP contribution is 2.28. The quantitative estimate of drug-likeness (QED) is 0.0251. The molecule has 1 saturated heterocycles. The summed E-state index contributed by atoms with van der Waals surface area (Å²) < 4.78 is 0. The molecule has 8 amide bonds. The second kappa shape index (κ2) is 50.8. The number of nitrogens with one attached hydrogen (secondary N) is 6. The van der Waals surface area contributed by atoms with Crippen LogP contribution < -0.4 is 37.6 Å². The van der Waals surface area contributed by atoms with Crippen molar-refractivity contribution in [1.29, 1.82) is 0 Å². The lowest BCUT2D eigenvalue weighted by atomic mass is 9.89. The summed E-state index contributed by atoms with van der Waals surface area (Å²) in [7, 11) is 0. The Bertz CT molecular complexity index is 3010. The first-order valence-electron chi connectivity index (χ1n) is 34.5. The molecule has 0 aromatic heterocycles. The van der Waals surface area contributed by atoms with Crippen molar-refractivity contribution >= 4 is 106 Å². The maximum atomic E-state index is 14.7. The zero-order valence-electron chi connectivity index (χ0n) is 59.1. The molecule has 0 bridgehead atoms. The van der Waals surface area contributed by atoms with Gasteiger partial charge in [0, 0.05) is 127 Å². The molecular formula is C64H104N8O35S. The van der Waals surface area contributed by atoms with Crippen LogP contribution in [0.3, 0.4) is 0 Å². The number of nitrogens with zero attached hydrogens (tertiary/aromatic N) is 1. The number of thioether (sulfide) groups is 1. The zero-order valence-corrected chi connectivity index (χ0v) is 59.9. The number of rotatable bonds is 60. The van der Waals surface area contributed by atoms with Gasteiger partial charge in [-0.2, -0.15) is 0 Å². The number of carboxylic acids is 4. The van der Waals surface area contributed by atoms with Crippen molar-refractivity contribution in [2.45, 2.75) is 232 Å². The highest BCUT2D eigenvalue weighted by molar-refractivity contribution is 8.00. The SMILES string of the molecule is CCC(=O)CCCN1C(=O)CC(SC[C@@H](NC(=O)[C@H](CCC(=O)NC[C@H](O)[C@@H](O)[C@H](O)[C@H](O)CO)CC(=O)[C@@H](CCC(=O)O)NC(=O)[C@H](CCC(=O)NC[C@H](O)[C@@H](O)[C@H](O)[C@H](O)CO)CC(=O)[C@@H](CCC(=O)O)NC(=O)[C@H](CCC(=O)NC[C@H](O)[C@@H](O)[C@H](O)[C@H](O)CO)CC(=O)CC[C@H](N)C(=O)O)C(=O)O)C1=O. The molecule has 108 heavy (non-hydrogen) atoms. The number of ketones is 4. The summed E-state index contributed by atoms with van der Waals surface area (Å²) in [5.41, 5.74) is 5.55. The number of aliphatic hydroxyl groups is 15. The van der Waals surface area contributed by atoms with Gasteiger partial charge in [-0.1, -0.05) is 6.92 Å². The molecule has 1 heterocycles. The number of likely N-dealkylation sites (tertiary alicyclic amines) is 1. The Kier molecular flexibility index (Phi) is 46.2. The summed E-state index contributed by atoms with van der Waals surface area (Å²) in [6.07, 6.45) is -37.5.